The summed E-state index contributed by atoms with van der Waals surface area (Å²) in [5.74, 6) is 2.67. The van der Waals surface area contributed by atoms with Gasteiger partial charge in [-0.25, -0.2) is 4.68 Å². The molecule has 1 N–H and O–H groups in total. The van der Waals surface area contributed by atoms with Gasteiger partial charge in [0.05, 0.1) is 43.2 Å². The molecule has 4 rings (SSSR count). The lowest BCUT2D eigenvalue weighted by Crippen LogP contribution is -2.22. The van der Waals surface area contributed by atoms with Gasteiger partial charge < -0.3 is 19.5 Å². The number of aromatic nitrogens is 2. The van der Waals surface area contributed by atoms with Crippen molar-refractivity contribution in [3.05, 3.63) is 59.3 Å². The second-order valence-electron chi connectivity index (χ2n) is 7.19. The predicted octanol–water partition coefficient (Wildman–Crippen LogP) is 4.37. The molecule has 8 heteroatoms. The van der Waals surface area contributed by atoms with Crippen LogP contribution in [0.25, 0.3) is 5.69 Å². The Kier molecular flexibility index (Phi) is 5.82. The van der Waals surface area contributed by atoms with E-state index in [-0.39, 0.29) is 16.4 Å². The Bertz CT molecular complexity index is 1110. The standard InChI is InChI=1S/C23H25N3O4S/c1-13-19-21(17-7-6-8-18(29-4)20(17)30-5)31-14(2)23(27)24-22(19)26(25-13)15-9-11-16(28-3)12-10-15/h6-12,14,21H,1-5H3,(H,24,27). The molecule has 2 atom stereocenters. The Morgan fingerprint density at radius 1 is 1.03 bits per heavy atom. The number of benzene rings is 2. The molecule has 3 aromatic rings. The van der Waals surface area contributed by atoms with Gasteiger partial charge in [-0.2, -0.15) is 5.10 Å². The van der Waals surface area contributed by atoms with Crippen LogP contribution in [0.2, 0.25) is 0 Å². The maximum Gasteiger partial charge on any atom is 0.238 e. The number of fused-ring (bicyclic) bond motifs is 1. The van der Waals surface area contributed by atoms with Crippen molar-refractivity contribution in [2.75, 3.05) is 26.6 Å². The third-order valence-electron chi connectivity index (χ3n) is 5.35. The Labute approximate surface area is 185 Å². The number of anilines is 1. The number of rotatable bonds is 5. The Morgan fingerprint density at radius 2 is 1.77 bits per heavy atom. The first kappa shape index (κ1) is 21.1. The molecule has 1 aromatic heterocycles. The lowest BCUT2D eigenvalue weighted by atomic mass is 10.0. The molecule has 2 aromatic carbocycles. The summed E-state index contributed by atoms with van der Waals surface area (Å²) in [5.41, 5.74) is 3.56. The molecule has 0 radical (unpaired) electrons. The third kappa shape index (κ3) is 3.72. The topological polar surface area (TPSA) is 74.6 Å². The average Bonchev–Trinajstić information content (AvgIpc) is 3.04. The number of carbonyl (C=O) groups excluding carboxylic acids is 1. The van der Waals surface area contributed by atoms with Gasteiger partial charge in [0.25, 0.3) is 0 Å². The minimum absolute atomic E-state index is 0.0646. The van der Waals surface area contributed by atoms with Gasteiger partial charge in [-0.05, 0) is 44.2 Å². The highest BCUT2D eigenvalue weighted by molar-refractivity contribution is 8.01. The molecule has 31 heavy (non-hydrogen) atoms. The van der Waals surface area contributed by atoms with Crippen molar-refractivity contribution >= 4 is 23.5 Å². The van der Waals surface area contributed by atoms with E-state index in [0.29, 0.717) is 17.3 Å². The van der Waals surface area contributed by atoms with Crippen LogP contribution in [0.5, 0.6) is 17.2 Å². The number of nitrogens with one attached hydrogen (secondary N) is 1. The molecule has 162 valence electrons. The summed E-state index contributed by atoms with van der Waals surface area (Å²) < 4.78 is 18.3. The van der Waals surface area contributed by atoms with Crippen LogP contribution in [0.3, 0.4) is 0 Å². The molecule has 1 aliphatic rings. The zero-order valence-electron chi connectivity index (χ0n) is 18.1. The summed E-state index contributed by atoms with van der Waals surface area (Å²) in [5, 5.41) is 7.43. The molecule has 1 amide bonds. The average molecular weight is 440 g/mol. The van der Waals surface area contributed by atoms with E-state index < -0.39 is 0 Å². The van der Waals surface area contributed by atoms with Crippen LogP contribution >= 0.6 is 11.8 Å². The van der Waals surface area contributed by atoms with E-state index in [4.69, 9.17) is 19.3 Å². The number of ether oxygens (including phenoxy) is 3. The first-order valence-corrected chi connectivity index (χ1v) is 10.8. The predicted molar refractivity (Wildman–Crippen MR) is 122 cm³/mol. The van der Waals surface area contributed by atoms with Gasteiger partial charge in [-0.1, -0.05) is 12.1 Å². The van der Waals surface area contributed by atoms with Crippen LogP contribution in [-0.4, -0.2) is 42.3 Å². The van der Waals surface area contributed by atoms with Gasteiger partial charge in [0.1, 0.15) is 11.6 Å². The largest absolute Gasteiger partial charge is 0.497 e. The number of methoxy groups -OCH3 is 3. The molecule has 0 bridgehead atoms. The zero-order valence-corrected chi connectivity index (χ0v) is 18.9. The summed E-state index contributed by atoms with van der Waals surface area (Å²) >= 11 is 1.57. The molecule has 0 fully saturated rings. The maximum absolute atomic E-state index is 12.9. The van der Waals surface area contributed by atoms with Crippen molar-refractivity contribution in [2.45, 2.75) is 24.3 Å². The SMILES string of the molecule is COc1ccc(-n2nc(C)c3c2NC(=O)C(C)SC3c2cccc(OC)c2OC)cc1. The fourth-order valence-electron chi connectivity index (χ4n) is 3.78. The third-order valence-corrected chi connectivity index (χ3v) is 6.74. The summed E-state index contributed by atoms with van der Waals surface area (Å²) in [4.78, 5) is 12.9. The van der Waals surface area contributed by atoms with Crippen LogP contribution in [0.4, 0.5) is 5.82 Å². The fourth-order valence-corrected chi connectivity index (χ4v) is 5.12. The van der Waals surface area contributed by atoms with E-state index in [9.17, 15) is 4.79 Å². The normalized spacial score (nSPS) is 18.0. The van der Waals surface area contributed by atoms with Gasteiger partial charge in [-0.3, -0.25) is 4.79 Å². The molecule has 7 nitrogen and oxygen atoms in total. The summed E-state index contributed by atoms with van der Waals surface area (Å²) in [7, 11) is 4.88. The highest BCUT2D eigenvalue weighted by Crippen LogP contribution is 2.50. The number of hydrogen-bond donors (Lipinski definition) is 1. The minimum atomic E-state index is -0.267. The maximum atomic E-state index is 12.9. The number of carbonyl (C=O) groups is 1. The monoisotopic (exact) mass is 439 g/mol. The van der Waals surface area contributed by atoms with Crippen LogP contribution in [0, 0.1) is 6.92 Å². The Hall–Kier alpha value is -3.13. The number of para-hydroxylation sites is 1. The number of hydrogen-bond acceptors (Lipinski definition) is 6. The van der Waals surface area contributed by atoms with Gasteiger partial charge in [-0.15, -0.1) is 11.8 Å². The number of nitrogens with zero attached hydrogens (tertiary/aromatic N) is 2. The van der Waals surface area contributed by atoms with Crippen molar-refractivity contribution in [3.8, 4) is 22.9 Å². The molecule has 0 saturated carbocycles. The van der Waals surface area contributed by atoms with Crippen LogP contribution in [0.1, 0.15) is 29.0 Å². The Morgan fingerprint density at radius 3 is 2.42 bits per heavy atom. The molecule has 1 aliphatic heterocycles. The first-order valence-electron chi connectivity index (χ1n) is 9.89. The van der Waals surface area contributed by atoms with E-state index >= 15 is 0 Å². The zero-order chi connectivity index (χ0) is 22.1. The van der Waals surface area contributed by atoms with Crippen molar-refractivity contribution in [3.63, 3.8) is 0 Å². The van der Waals surface area contributed by atoms with E-state index in [0.717, 1.165) is 28.3 Å². The first-order chi connectivity index (χ1) is 15.0. The lowest BCUT2D eigenvalue weighted by molar-refractivity contribution is -0.115. The van der Waals surface area contributed by atoms with Gasteiger partial charge in [0.15, 0.2) is 11.5 Å². The van der Waals surface area contributed by atoms with Gasteiger partial charge in [0.2, 0.25) is 5.91 Å². The quantitative estimate of drug-likeness (QED) is 0.636. The van der Waals surface area contributed by atoms with Crippen LogP contribution < -0.4 is 19.5 Å². The van der Waals surface area contributed by atoms with Gasteiger partial charge >= 0.3 is 0 Å². The lowest BCUT2D eigenvalue weighted by Gasteiger charge is -2.21. The summed E-state index contributed by atoms with van der Waals surface area (Å²) in [6.45, 7) is 3.87. The molecular formula is C23H25N3O4S. The molecule has 0 aliphatic carbocycles. The molecular weight excluding hydrogens is 414 g/mol. The summed E-state index contributed by atoms with van der Waals surface area (Å²) in [6, 6.07) is 13.4. The number of amides is 1. The van der Waals surface area contributed by atoms with Crippen molar-refractivity contribution < 1.29 is 19.0 Å². The minimum Gasteiger partial charge on any atom is -0.497 e. The molecule has 2 unspecified atom stereocenters. The number of aryl methyl sites for hydroxylation is 1. The fraction of sp³-hybridized carbons (Fsp3) is 0.304. The van der Waals surface area contributed by atoms with Gasteiger partial charge in [0, 0.05) is 11.1 Å². The highest BCUT2D eigenvalue weighted by Gasteiger charge is 2.35. The summed E-state index contributed by atoms with van der Waals surface area (Å²) in [6.07, 6.45) is 0. The molecule has 2 heterocycles. The van der Waals surface area contributed by atoms with Crippen LogP contribution in [0.15, 0.2) is 42.5 Å². The Balaban J connectivity index is 1.91. The smallest absolute Gasteiger partial charge is 0.238 e. The number of thioether (sulfide) groups is 1. The van der Waals surface area contributed by atoms with E-state index in [1.165, 1.54) is 0 Å². The molecule has 0 spiro atoms. The van der Waals surface area contributed by atoms with Crippen molar-refractivity contribution in [1.29, 1.82) is 0 Å². The van der Waals surface area contributed by atoms with E-state index in [2.05, 4.69) is 5.32 Å². The van der Waals surface area contributed by atoms with E-state index in [1.807, 2.05) is 56.3 Å². The van der Waals surface area contributed by atoms with Crippen molar-refractivity contribution in [1.82, 2.24) is 9.78 Å². The van der Waals surface area contributed by atoms with Crippen molar-refractivity contribution in [2.24, 2.45) is 0 Å². The second kappa shape index (κ2) is 8.55. The molecule has 0 saturated heterocycles. The van der Waals surface area contributed by atoms with E-state index in [1.54, 1.807) is 37.8 Å². The highest BCUT2D eigenvalue weighted by atomic mass is 32.2. The van der Waals surface area contributed by atoms with Crippen LogP contribution in [-0.2, 0) is 4.79 Å². The second-order valence-corrected chi connectivity index (χ2v) is 8.64.